The van der Waals surface area contributed by atoms with Crippen LogP contribution in [0.5, 0.6) is 0 Å². The summed E-state index contributed by atoms with van der Waals surface area (Å²) in [6.45, 7) is 4.93. The predicted molar refractivity (Wildman–Crippen MR) is 141 cm³/mol. The first-order chi connectivity index (χ1) is 17.4. The molecule has 210 valence electrons. The number of hydrogen-bond acceptors (Lipinski definition) is 5. The van der Waals surface area contributed by atoms with Gasteiger partial charge in [-0.2, -0.15) is 0 Å². The summed E-state index contributed by atoms with van der Waals surface area (Å²) in [5.41, 5.74) is 0.669. The molecule has 3 aliphatic rings. The van der Waals surface area contributed by atoms with E-state index in [1.165, 1.54) is 28.9 Å². The van der Waals surface area contributed by atoms with E-state index in [4.69, 9.17) is 0 Å². The van der Waals surface area contributed by atoms with E-state index in [1.807, 2.05) is 0 Å². The van der Waals surface area contributed by atoms with E-state index in [-0.39, 0.29) is 11.8 Å². The zero-order valence-corrected chi connectivity index (χ0v) is 23.6. The molecule has 3 fully saturated rings. The second kappa shape index (κ2) is 11.9. The Morgan fingerprint density at radius 1 is 0.730 bits per heavy atom. The van der Waals surface area contributed by atoms with Gasteiger partial charge in [0, 0.05) is 32.2 Å². The highest BCUT2D eigenvalue weighted by molar-refractivity contribution is 7.88. The molecule has 37 heavy (non-hydrogen) atoms. The lowest BCUT2D eigenvalue weighted by Gasteiger charge is -2.40. The van der Waals surface area contributed by atoms with Gasteiger partial charge in [-0.1, -0.05) is 0 Å². The third-order valence-corrected chi connectivity index (χ3v) is 11.5. The van der Waals surface area contributed by atoms with Crippen molar-refractivity contribution in [3.8, 4) is 0 Å². The molecule has 1 atom stereocenters. The molecule has 0 saturated carbocycles. The van der Waals surface area contributed by atoms with Gasteiger partial charge < -0.3 is 4.90 Å². The third kappa shape index (κ3) is 7.71. The topological polar surface area (TPSA) is 78.0 Å². The minimum atomic E-state index is -3.23. The Bertz CT molecular complexity index is 1100. The van der Waals surface area contributed by atoms with Gasteiger partial charge in [-0.15, -0.1) is 0 Å². The van der Waals surface area contributed by atoms with Crippen LogP contribution in [0.4, 0.5) is 8.78 Å². The zero-order chi connectivity index (χ0) is 26.8. The molecule has 3 aliphatic heterocycles. The summed E-state index contributed by atoms with van der Waals surface area (Å²) in [5, 5.41) is 0. The molecule has 4 rings (SSSR count). The largest absolute Gasteiger partial charge is 0.303 e. The molecule has 0 spiro atoms. The van der Waals surface area contributed by atoms with E-state index >= 15 is 0 Å². The lowest BCUT2D eigenvalue weighted by molar-refractivity contribution is 0.112. The van der Waals surface area contributed by atoms with Crippen molar-refractivity contribution in [3.63, 3.8) is 0 Å². The summed E-state index contributed by atoms with van der Waals surface area (Å²) < 4.78 is 78.8. The quantitative estimate of drug-likeness (QED) is 0.486. The van der Waals surface area contributed by atoms with Crippen LogP contribution in [0.3, 0.4) is 0 Å². The van der Waals surface area contributed by atoms with E-state index in [1.54, 1.807) is 4.31 Å². The van der Waals surface area contributed by atoms with Crippen LogP contribution in [-0.2, 0) is 20.0 Å². The molecule has 3 heterocycles. The zero-order valence-electron chi connectivity index (χ0n) is 22.0. The van der Waals surface area contributed by atoms with Crippen LogP contribution in [0.25, 0.3) is 0 Å². The summed E-state index contributed by atoms with van der Waals surface area (Å²) in [6.07, 6.45) is 8.70. The van der Waals surface area contributed by atoms with Crippen LogP contribution in [0, 0.1) is 29.4 Å². The van der Waals surface area contributed by atoms with Crippen LogP contribution in [0.2, 0.25) is 0 Å². The van der Waals surface area contributed by atoms with Crippen molar-refractivity contribution < 1.29 is 25.6 Å². The molecule has 1 aromatic rings. The fourth-order valence-electron chi connectivity index (χ4n) is 6.72. The Balaban J connectivity index is 1.33. The van der Waals surface area contributed by atoms with Crippen molar-refractivity contribution in [3.05, 3.63) is 35.4 Å². The van der Waals surface area contributed by atoms with Gasteiger partial charge in [0.15, 0.2) is 0 Å². The minimum absolute atomic E-state index is 0.0232. The monoisotopic (exact) mass is 561 g/mol. The Hall–Kier alpha value is -1.14. The number of piperidine rings is 3. The molecule has 0 bridgehead atoms. The van der Waals surface area contributed by atoms with E-state index in [2.05, 4.69) is 4.90 Å². The maximum absolute atomic E-state index is 14.1. The highest BCUT2D eigenvalue weighted by Crippen LogP contribution is 2.38. The average molecular weight is 562 g/mol. The second-order valence-electron chi connectivity index (χ2n) is 11.3. The molecule has 0 aliphatic carbocycles. The lowest BCUT2D eigenvalue weighted by atomic mass is 9.77. The van der Waals surface area contributed by atoms with Crippen LogP contribution in [0.15, 0.2) is 18.2 Å². The number of rotatable bonds is 8. The van der Waals surface area contributed by atoms with Crippen molar-refractivity contribution in [2.45, 2.75) is 50.9 Å². The van der Waals surface area contributed by atoms with E-state index < -0.39 is 31.7 Å². The fourth-order valence-corrected chi connectivity index (χ4v) is 8.47. The molecule has 0 unspecified atom stereocenters. The number of likely N-dealkylation sites (tertiary alicyclic amines) is 1. The van der Waals surface area contributed by atoms with Crippen molar-refractivity contribution in [1.29, 1.82) is 0 Å². The molecule has 1 aromatic carbocycles. The number of hydrogen-bond donors (Lipinski definition) is 0. The van der Waals surface area contributed by atoms with E-state index in [0.717, 1.165) is 57.8 Å². The first-order valence-corrected chi connectivity index (χ1v) is 17.2. The SMILES string of the molecule is CS(=O)(=O)N1CCC(C2CCN(CC[C@@H](c3cc(F)cc(F)c3)C3CCN(S(C)(=O)=O)CC3)CC2)CC1. The summed E-state index contributed by atoms with van der Waals surface area (Å²) in [6, 6.07) is 3.77. The van der Waals surface area contributed by atoms with E-state index in [9.17, 15) is 25.6 Å². The van der Waals surface area contributed by atoms with Crippen molar-refractivity contribution in [2.24, 2.45) is 17.8 Å². The second-order valence-corrected chi connectivity index (χ2v) is 15.2. The fraction of sp³-hybridized carbons (Fsp3) is 0.769. The Morgan fingerprint density at radius 2 is 1.16 bits per heavy atom. The van der Waals surface area contributed by atoms with Crippen LogP contribution >= 0.6 is 0 Å². The predicted octanol–water partition coefficient (Wildman–Crippen LogP) is 3.49. The van der Waals surface area contributed by atoms with Gasteiger partial charge in [0.25, 0.3) is 0 Å². The highest BCUT2D eigenvalue weighted by Gasteiger charge is 2.34. The van der Waals surface area contributed by atoms with Gasteiger partial charge in [0.05, 0.1) is 12.5 Å². The van der Waals surface area contributed by atoms with Gasteiger partial charge >= 0.3 is 0 Å². The molecule has 0 radical (unpaired) electrons. The maximum Gasteiger partial charge on any atom is 0.211 e. The van der Waals surface area contributed by atoms with Crippen LogP contribution in [-0.4, -0.2) is 88.7 Å². The number of sulfonamides is 2. The molecule has 0 aromatic heterocycles. The summed E-state index contributed by atoms with van der Waals surface area (Å²) in [7, 11) is -6.34. The summed E-state index contributed by atoms with van der Waals surface area (Å²) in [4.78, 5) is 2.44. The highest BCUT2D eigenvalue weighted by atomic mass is 32.2. The summed E-state index contributed by atoms with van der Waals surface area (Å²) in [5.74, 6) is 0.198. The standard InChI is InChI=1S/C26H41F2N3O4S2/c1-36(32,33)30-13-5-21(6-14-30)20-3-10-29(11-4-20)12-9-26(23-17-24(27)19-25(28)18-23)22-7-15-31(16-8-22)37(2,34)35/h17-22,26H,3-16H2,1-2H3/t26-/m1/s1. The van der Waals surface area contributed by atoms with Crippen molar-refractivity contribution >= 4 is 20.0 Å². The number of benzene rings is 1. The minimum Gasteiger partial charge on any atom is -0.303 e. The molecule has 0 N–H and O–H groups in total. The van der Waals surface area contributed by atoms with E-state index in [0.29, 0.717) is 56.4 Å². The first-order valence-electron chi connectivity index (χ1n) is 13.5. The van der Waals surface area contributed by atoms with Gasteiger partial charge in [-0.25, -0.2) is 34.2 Å². The molecular formula is C26H41F2N3O4S2. The Kier molecular flexibility index (Phi) is 9.31. The van der Waals surface area contributed by atoms with Crippen molar-refractivity contribution in [1.82, 2.24) is 13.5 Å². The Morgan fingerprint density at radius 3 is 1.62 bits per heavy atom. The number of nitrogens with zero attached hydrogens (tertiary/aromatic N) is 3. The average Bonchev–Trinajstić information content (AvgIpc) is 2.83. The van der Waals surface area contributed by atoms with Gasteiger partial charge in [0.1, 0.15) is 11.6 Å². The van der Waals surface area contributed by atoms with Gasteiger partial charge in [0.2, 0.25) is 20.0 Å². The first kappa shape index (κ1) is 28.9. The van der Waals surface area contributed by atoms with Gasteiger partial charge in [-0.3, -0.25) is 0 Å². The lowest BCUT2D eigenvalue weighted by Crippen LogP contribution is -2.43. The third-order valence-electron chi connectivity index (χ3n) is 8.87. The van der Waals surface area contributed by atoms with Gasteiger partial charge in [-0.05, 0) is 106 Å². The molecule has 0 amide bonds. The molecule has 7 nitrogen and oxygen atoms in total. The molecular weight excluding hydrogens is 520 g/mol. The van der Waals surface area contributed by atoms with Crippen molar-refractivity contribution in [2.75, 3.05) is 58.3 Å². The molecule has 3 saturated heterocycles. The van der Waals surface area contributed by atoms with Crippen LogP contribution in [0.1, 0.15) is 56.4 Å². The smallest absolute Gasteiger partial charge is 0.211 e. The maximum atomic E-state index is 14.1. The summed E-state index contributed by atoms with van der Waals surface area (Å²) >= 11 is 0. The number of halogens is 2. The van der Waals surface area contributed by atoms with Crippen LogP contribution < -0.4 is 0 Å². The Labute approximate surface area is 221 Å². The molecule has 11 heteroatoms. The normalized spacial score (nSPS) is 23.9.